The van der Waals surface area contributed by atoms with E-state index in [1.165, 1.54) is 40.3 Å². The van der Waals surface area contributed by atoms with Crippen molar-refractivity contribution in [2.75, 3.05) is 28.2 Å². The maximum absolute atomic E-state index is 14.1. The van der Waals surface area contributed by atoms with Crippen molar-refractivity contribution < 1.29 is 27.8 Å². The number of nitrogens with zero attached hydrogens (tertiary/aromatic N) is 2. The van der Waals surface area contributed by atoms with E-state index in [1.807, 2.05) is 0 Å². The summed E-state index contributed by atoms with van der Waals surface area (Å²) >= 11 is 12.2. The van der Waals surface area contributed by atoms with Gasteiger partial charge in [-0.05, 0) is 35.4 Å². The van der Waals surface area contributed by atoms with Gasteiger partial charge >= 0.3 is 12.2 Å². The summed E-state index contributed by atoms with van der Waals surface area (Å²) in [7, 11) is 5.80. The van der Waals surface area contributed by atoms with Gasteiger partial charge in [-0.1, -0.05) is 23.2 Å². The summed E-state index contributed by atoms with van der Waals surface area (Å²) in [6.07, 6.45) is -1.50. The summed E-state index contributed by atoms with van der Waals surface area (Å²) in [6, 6.07) is 4.51. The lowest BCUT2D eigenvalue weighted by molar-refractivity contribution is 0.169. The van der Waals surface area contributed by atoms with Gasteiger partial charge in [0.1, 0.15) is 0 Å². The average molecular weight is 447 g/mol. The molecular weight excluding hydrogens is 429 g/mol. The SMILES string of the molecule is CN(C)C(=O)Oc1cc(Cc2cc(OC(=O)N(C)C)c(F)cc2Cl)c(Cl)cc1F. The maximum atomic E-state index is 14.1. The molecule has 0 radical (unpaired) electrons. The Hall–Kier alpha value is -2.58. The molecule has 0 fully saturated rings. The molecule has 0 heterocycles. The number of rotatable bonds is 4. The quantitative estimate of drug-likeness (QED) is 0.663. The van der Waals surface area contributed by atoms with Crippen LogP contribution in [0.25, 0.3) is 0 Å². The molecule has 0 aliphatic carbocycles. The molecule has 29 heavy (non-hydrogen) atoms. The predicted molar refractivity (Wildman–Crippen MR) is 105 cm³/mol. The third-order valence-electron chi connectivity index (χ3n) is 3.71. The highest BCUT2D eigenvalue weighted by molar-refractivity contribution is 6.32. The van der Waals surface area contributed by atoms with Gasteiger partial charge in [0.2, 0.25) is 0 Å². The maximum Gasteiger partial charge on any atom is 0.414 e. The summed E-state index contributed by atoms with van der Waals surface area (Å²) in [4.78, 5) is 25.7. The van der Waals surface area contributed by atoms with Crippen molar-refractivity contribution in [2.45, 2.75) is 6.42 Å². The highest BCUT2D eigenvalue weighted by Gasteiger charge is 2.18. The molecule has 6 nitrogen and oxygen atoms in total. The first-order valence-corrected chi connectivity index (χ1v) is 8.99. The first-order valence-electron chi connectivity index (χ1n) is 8.23. The Morgan fingerprint density at radius 2 is 1.14 bits per heavy atom. The fourth-order valence-electron chi connectivity index (χ4n) is 2.15. The molecule has 0 aliphatic heterocycles. The van der Waals surface area contributed by atoms with Gasteiger partial charge < -0.3 is 19.3 Å². The highest BCUT2D eigenvalue weighted by atomic mass is 35.5. The van der Waals surface area contributed by atoms with Crippen LogP contribution in [0.1, 0.15) is 11.1 Å². The lowest BCUT2D eigenvalue weighted by Crippen LogP contribution is -2.25. The van der Waals surface area contributed by atoms with E-state index < -0.39 is 23.8 Å². The minimum atomic E-state index is -0.820. The summed E-state index contributed by atoms with van der Waals surface area (Å²) in [5.41, 5.74) is 0.737. The van der Waals surface area contributed by atoms with Crippen LogP contribution in [0.15, 0.2) is 24.3 Å². The van der Waals surface area contributed by atoms with E-state index in [9.17, 15) is 18.4 Å². The topological polar surface area (TPSA) is 59.1 Å². The number of benzene rings is 2. The third-order valence-corrected chi connectivity index (χ3v) is 4.41. The van der Waals surface area contributed by atoms with E-state index in [1.54, 1.807) is 0 Å². The second kappa shape index (κ2) is 9.28. The molecule has 0 bridgehead atoms. The first kappa shape index (κ1) is 22.7. The van der Waals surface area contributed by atoms with E-state index >= 15 is 0 Å². The zero-order valence-corrected chi connectivity index (χ0v) is 17.6. The minimum absolute atomic E-state index is 0.0389. The monoisotopic (exact) mass is 446 g/mol. The van der Waals surface area contributed by atoms with Crippen LogP contribution in [-0.4, -0.2) is 50.2 Å². The van der Waals surface area contributed by atoms with Crippen LogP contribution < -0.4 is 9.47 Å². The van der Waals surface area contributed by atoms with E-state index in [-0.39, 0.29) is 28.0 Å². The summed E-state index contributed by atoms with van der Waals surface area (Å²) < 4.78 is 38.1. The minimum Gasteiger partial charge on any atom is -0.407 e. The summed E-state index contributed by atoms with van der Waals surface area (Å²) in [5.74, 6) is -2.28. The van der Waals surface area contributed by atoms with Crippen molar-refractivity contribution >= 4 is 35.4 Å². The zero-order valence-electron chi connectivity index (χ0n) is 16.1. The molecule has 0 aromatic heterocycles. The fourth-order valence-corrected chi connectivity index (χ4v) is 2.58. The van der Waals surface area contributed by atoms with Gasteiger partial charge in [0, 0.05) is 44.7 Å². The van der Waals surface area contributed by atoms with Gasteiger partial charge in [0.05, 0.1) is 0 Å². The van der Waals surface area contributed by atoms with Crippen LogP contribution in [0.3, 0.4) is 0 Å². The van der Waals surface area contributed by atoms with Gasteiger partial charge in [-0.2, -0.15) is 0 Å². The standard InChI is InChI=1S/C19H18Cl2F2N2O4/c1-24(2)18(26)28-16-6-10(12(20)8-14(16)22)5-11-7-17(15(23)9-13(11)21)29-19(27)25(3)4/h6-9H,5H2,1-4H3. The molecule has 0 atom stereocenters. The second-order valence-corrected chi connectivity index (χ2v) is 7.26. The second-order valence-electron chi connectivity index (χ2n) is 6.45. The van der Waals surface area contributed by atoms with E-state index in [4.69, 9.17) is 32.7 Å². The normalized spacial score (nSPS) is 10.5. The molecule has 0 N–H and O–H groups in total. The van der Waals surface area contributed by atoms with Gasteiger partial charge in [0.25, 0.3) is 0 Å². The molecule has 2 aromatic carbocycles. The molecule has 10 heteroatoms. The number of amides is 2. The van der Waals surface area contributed by atoms with Crippen molar-refractivity contribution in [3.05, 3.63) is 57.1 Å². The first-order chi connectivity index (χ1) is 13.5. The summed E-state index contributed by atoms with van der Waals surface area (Å²) in [5, 5.41) is 0.110. The predicted octanol–water partition coefficient (Wildman–Crippen LogP) is 4.98. The Kier molecular flexibility index (Phi) is 7.26. The Bertz CT molecular complexity index is 877. The number of carbonyl (C=O) groups is 2. The van der Waals surface area contributed by atoms with Gasteiger partial charge in [0.15, 0.2) is 23.1 Å². The van der Waals surface area contributed by atoms with Crippen molar-refractivity contribution in [2.24, 2.45) is 0 Å². The molecule has 0 spiro atoms. The molecule has 2 rings (SSSR count). The Morgan fingerprint density at radius 1 is 0.793 bits per heavy atom. The van der Waals surface area contributed by atoms with Crippen LogP contribution in [0, 0.1) is 11.6 Å². The Morgan fingerprint density at radius 3 is 1.45 bits per heavy atom. The molecule has 2 aromatic rings. The van der Waals surface area contributed by atoms with Crippen LogP contribution in [0.4, 0.5) is 18.4 Å². The van der Waals surface area contributed by atoms with Crippen LogP contribution in [0.2, 0.25) is 10.0 Å². The highest BCUT2D eigenvalue weighted by Crippen LogP contribution is 2.32. The van der Waals surface area contributed by atoms with Gasteiger partial charge in [-0.3, -0.25) is 0 Å². The van der Waals surface area contributed by atoms with Crippen LogP contribution in [-0.2, 0) is 6.42 Å². The smallest absolute Gasteiger partial charge is 0.407 e. The Balaban J connectivity index is 2.38. The molecule has 0 saturated heterocycles. The van der Waals surface area contributed by atoms with Crippen molar-refractivity contribution in [1.82, 2.24) is 9.80 Å². The lowest BCUT2D eigenvalue weighted by Gasteiger charge is -2.15. The number of carbonyl (C=O) groups excluding carboxylic acids is 2. The summed E-state index contributed by atoms with van der Waals surface area (Å²) in [6.45, 7) is 0. The largest absolute Gasteiger partial charge is 0.414 e. The van der Waals surface area contributed by atoms with Gasteiger partial charge in [-0.15, -0.1) is 0 Å². The van der Waals surface area contributed by atoms with Gasteiger partial charge in [-0.25, -0.2) is 18.4 Å². The molecular formula is C19H18Cl2F2N2O4. The zero-order chi connectivity index (χ0) is 21.9. The van der Waals surface area contributed by atoms with Crippen molar-refractivity contribution in [3.63, 3.8) is 0 Å². The van der Waals surface area contributed by atoms with E-state index in [0.29, 0.717) is 11.1 Å². The fraction of sp³-hybridized carbons (Fsp3) is 0.263. The number of ether oxygens (including phenoxy) is 2. The van der Waals surface area contributed by atoms with E-state index in [0.717, 1.165) is 21.9 Å². The number of hydrogen-bond donors (Lipinski definition) is 0. The number of halogens is 4. The van der Waals surface area contributed by atoms with E-state index in [2.05, 4.69) is 0 Å². The van der Waals surface area contributed by atoms with Crippen LogP contribution in [0.5, 0.6) is 11.5 Å². The molecule has 0 aliphatic rings. The van der Waals surface area contributed by atoms with Crippen LogP contribution >= 0.6 is 23.2 Å². The Labute approximate surface area is 176 Å². The third kappa shape index (κ3) is 5.71. The van der Waals surface area contributed by atoms with Crippen molar-refractivity contribution in [3.8, 4) is 11.5 Å². The molecule has 0 unspecified atom stereocenters. The molecule has 2 amide bonds. The molecule has 0 saturated carbocycles. The lowest BCUT2D eigenvalue weighted by atomic mass is 10.0. The number of hydrogen-bond acceptors (Lipinski definition) is 4. The average Bonchev–Trinajstić information content (AvgIpc) is 2.62. The van der Waals surface area contributed by atoms with Crippen molar-refractivity contribution in [1.29, 1.82) is 0 Å². The molecule has 156 valence electrons.